The van der Waals surface area contributed by atoms with Gasteiger partial charge < -0.3 is 19.1 Å². The quantitative estimate of drug-likeness (QED) is 0.840. The van der Waals surface area contributed by atoms with Crippen LogP contribution in [0.2, 0.25) is 0 Å². The van der Waals surface area contributed by atoms with Crippen molar-refractivity contribution >= 4 is 5.97 Å². The van der Waals surface area contributed by atoms with E-state index in [2.05, 4.69) is 21.4 Å². The summed E-state index contributed by atoms with van der Waals surface area (Å²) >= 11 is 0. The van der Waals surface area contributed by atoms with E-state index < -0.39 is 11.4 Å². The van der Waals surface area contributed by atoms with E-state index in [1.54, 1.807) is 7.11 Å². The zero-order chi connectivity index (χ0) is 19.0. The second kappa shape index (κ2) is 6.88. The lowest BCUT2D eigenvalue weighted by atomic mass is 9.73. The van der Waals surface area contributed by atoms with Crippen LogP contribution in [0.15, 0.2) is 30.6 Å². The Labute approximate surface area is 158 Å². The number of carboxylic acids is 1. The molecule has 0 aliphatic carbocycles. The standard InChI is InChI=1S/C20H25N3O4/c1-3-8-23-9-7-21-17(23)11-22-10-15-14-5-4-6-16(26-2)18(14)27-13-20(15,12-22)19(24)25/h4-7,9,15H,3,8,10-13H2,1-2H3,(H,24,25)/t15-,20-/m0/s1. The molecule has 4 rings (SSSR count). The first-order valence-corrected chi connectivity index (χ1v) is 9.34. The first-order chi connectivity index (χ1) is 13.1. The number of aliphatic carboxylic acids is 1. The van der Waals surface area contributed by atoms with Gasteiger partial charge in [0.1, 0.15) is 17.8 Å². The monoisotopic (exact) mass is 371 g/mol. The van der Waals surface area contributed by atoms with Crippen molar-refractivity contribution in [1.82, 2.24) is 14.5 Å². The van der Waals surface area contributed by atoms with E-state index in [1.165, 1.54) is 0 Å². The van der Waals surface area contributed by atoms with Gasteiger partial charge in [-0.2, -0.15) is 0 Å². The Balaban J connectivity index is 1.65. The van der Waals surface area contributed by atoms with Crippen molar-refractivity contribution < 1.29 is 19.4 Å². The molecule has 2 aromatic rings. The highest BCUT2D eigenvalue weighted by atomic mass is 16.5. The van der Waals surface area contributed by atoms with Crippen molar-refractivity contribution in [2.45, 2.75) is 32.4 Å². The number of nitrogens with zero attached hydrogens (tertiary/aromatic N) is 3. The molecule has 0 radical (unpaired) electrons. The van der Waals surface area contributed by atoms with Crippen LogP contribution in [0, 0.1) is 5.41 Å². The molecular formula is C20H25N3O4. The number of aromatic nitrogens is 2. The molecule has 1 saturated heterocycles. The highest BCUT2D eigenvalue weighted by Gasteiger charge is 2.57. The maximum absolute atomic E-state index is 12.3. The number of likely N-dealkylation sites (tertiary alicyclic amines) is 1. The van der Waals surface area contributed by atoms with Crippen LogP contribution in [0.3, 0.4) is 0 Å². The van der Waals surface area contributed by atoms with Gasteiger partial charge >= 0.3 is 5.97 Å². The van der Waals surface area contributed by atoms with Crippen LogP contribution in [0.4, 0.5) is 0 Å². The first kappa shape index (κ1) is 17.9. The molecule has 0 amide bonds. The SMILES string of the molecule is CCCn1ccnc1CN1C[C@H]2c3cccc(OC)c3OC[C@@]2(C(=O)O)C1. The molecule has 1 aromatic carbocycles. The average molecular weight is 371 g/mol. The lowest BCUT2D eigenvalue weighted by molar-refractivity contribution is -0.152. The number of ether oxygens (including phenoxy) is 2. The summed E-state index contributed by atoms with van der Waals surface area (Å²) in [6, 6.07) is 5.71. The number of imidazole rings is 1. The molecule has 1 N–H and O–H groups in total. The summed E-state index contributed by atoms with van der Waals surface area (Å²) in [6.45, 7) is 4.95. The zero-order valence-corrected chi connectivity index (χ0v) is 15.7. The summed E-state index contributed by atoms with van der Waals surface area (Å²) in [5, 5.41) is 10.1. The van der Waals surface area contributed by atoms with Crippen LogP contribution < -0.4 is 9.47 Å². The van der Waals surface area contributed by atoms with Crippen LogP contribution in [-0.2, 0) is 17.9 Å². The highest BCUT2D eigenvalue weighted by molar-refractivity contribution is 5.78. The van der Waals surface area contributed by atoms with E-state index >= 15 is 0 Å². The highest BCUT2D eigenvalue weighted by Crippen LogP contribution is 2.52. The van der Waals surface area contributed by atoms with Crippen molar-refractivity contribution in [3.05, 3.63) is 42.0 Å². The fraction of sp³-hybridized carbons (Fsp3) is 0.500. The third kappa shape index (κ3) is 2.86. The number of carboxylic acid groups (broad SMARTS) is 1. The number of fused-ring (bicyclic) bond motifs is 3. The van der Waals surface area contributed by atoms with Crippen molar-refractivity contribution in [2.24, 2.45) is 5.41 Å². The second-order valence-corrected chi connectivity index (χ2v) is 7.39. The summed E-state index contributed by atoms with van der Waals surface area (Å²) in [4.78, 5) is 18.9. The van der Waals surface area contributed by atoms with Crippen LogP contribution >= 0.6 is 0 Å². The maximum atomic E-state index is 12.3. The van der Waals surface area contributed by atoms with Gasteiger partial charge in [0, 0.05) is 43.5 Å². The van der Waals surface area contributed by atoms with Gasteiger partial charge in [0.05, 0.1) is 13.7 Å². The number of hydrogen-bond donors (Lipinski definition) is 1. The third-order valence-corrected chi connectivity index (χ3v) is 5.75. The molecule has 0 unspecified atom stereocenters. The van der Waals surface area contributed by atoms with Gasteiger partial charge in [-0.05, 0) is 12.5 Å². The fourth-order valence-electron chi connectivity index (χ4n) is 4.41. The van der Waals surface area contributed by atoms with Gasteiger partial charge in [0.15, 0.2) is 11.5 Å². The number of aryl methyl sites for hydroxylation is 1. The van der Waals surface area contributed by atoms with Crippen LogP contribution in [0.25, 0.3) is 0 Å². The predicted octanol–water partition coefficient (Wildman–Crippen LogP) is 2.36. The summed E-state index contributed by atoms with van der Waals surface area (Å²) < 4.78 is 13.5. The third-order valence-electron chi connectivity index (χ3n) is 5.75. The Hall–Kier alpha value is -2.54. The number of benzene rings is 1. The molecule has 144 valence electrons. The molecule has 1 aromatic heterocycles. The molecule has 3 heterocycles. The van der Waals surface area contributed by atoms with Crippen molar-refractivity contribution in [2.75, 3.05) is 26.8 Å². The normalized spacial score (nSPS) is 24.1. The molecule has 0 saturated carbocycles. The largest absolute Gasteiger partial charge is 0.493 e. The number of methoxy groups -OCH3 is 1. The van der Waals surface area contributed by atoms with Crippen molar-refractivity contribution in [3.63, 3.8) is 0 Å². The molecule has 1 fully saturated rings. The predicted molar refractivity (Wildman–Crippen MR) is 99.1 cm³/mol. The molecular weight excluding hydrogens is 346 g/mol. The summed E-state index contributed by atoms with van der Waals surface area (Å²) in [5.74, 6) is 1.37. The van der Waals surface area contributed by atoms with Crippen LogP contribution in [-0.4, -0.2) is 52.3 Å². The molecule has 2 aliphatic rings. The Morgan fingerprint density at radius 1 is 1.48 bits per heavy atom. The minimum atomic E-state index is -0.943. The average Bonchev–Trinajstić information content (AvgIpc) is 3.26. The van der Waals surface area contributed by atoms with Gasteiger partial charge in [-0.1, -0.05) is 19.1 Å². The van der Waals surface area contributed by atoms with Gasteiger partial charge in [-0.25, -0.2) is 4.98 Å². The lowest BCUT2D eigenvalue weighted by Crippen LogP contribution is -2.45. The molecule has 2 atom stereocenters. The van der Waals surface area contributed by atoms with E-state index in [-0.39, 0.29) is 12.5 Å². The van der Waals surface area contributed by atoms with Crippen LogP contribution in [0.5, 0.6) is 11.5 Å². The topological polar surface area (TPSA) is 76.8 Å². The van der Waals surface area contributed by atoms with Gasteiger partial charge in [-0.3, -0.25) is 9.69 Å². The number of rotatable bonds is 6. The minimum Gasteiger partial charge on any atom is -0.493 e. The Bertz CT molecular complexity index is 850. The number of carbonyl (C=O) groups is 1. The summed E-state index contributed by atoms with van der Waals surface area (Å²) in [7, 11) is 1.60. The van der Waals surface area contributed by atoms with Crippen LogP contribution in [0.1, 0.15) is 30.7 Å². The second-order valence-electron chi connectivity index (χ2n) is 7.39. The number of hydrogen-bond acceptors (Lipinski definition) is 5. The molecule has 0 spiro atoms. The van der Waals surface area contributed by atoms with E-state index in [4.69, 9.17) is 9.47 Å². The Morgan fingerprint density at radius 2 is 2.33 bits per heavy atom. The Kier molecular flexibility index (Phi) is 4.55. The molecule has 27 heavy (non-hydrogen) atoms. The smallest absolute Gasteiger partial charge is 0.315 e. The van der Waals surface area contributed by atoms with Gasteiger partial charge in [-0.15, -0.1) is 0 Å². The van der Waals surface area contributed by atoms with Crippen molar-refractivity contribution in [1.29, 1.82) is 0 Å². The van der Waals surface area contributed by atoms with Gasteiger partial charge in [0.2, 0.25) is 0 Å². The lowest BCUT2D eigenvalue weighted by Gasteiger charge is -2.36. The number of para-hydroxylation sites is 1. The summed E-state index contributed by atoms with van der Waals surface area (Å²) in [5.41, 5.74) is -0.0240. The zero-order valence-electron chi connectivity index (χ0n) is 15.7. The van der Waals surface area contributed by atoms with Gasteiger partial charge in [0.25, 0.3) is 0 Å². The van der Waals surface area contributed by atoms with E-state index in [1.807, 2.05) is 30.6 Å². The molecule has 0 bridgehead atoms. The van der Waals surface area contributed by atoms with E-state index in [0.29, 0.717) is 31.1 Å². The van der Waals surface area contributed by atoms with Crippen molar-refractivity contribution in [3.8, 4) is 11.5 Å². The van der Waals surface area contributed by atoms with E-state index in [9.17, 15) is 9.90 Å². The van der Waals surface area contributed by atoms with E-state index in [0.717, 1.165) is 24.4 Å². The molecule has 7 nitrogen and oxygen atoms in total. The minimum absolute atomic E-state index is 0.136. The molecule has 7 heteroatoms. The first-order valence-electron chi connectivity index (χ1n) is 9.34. The fourth-order valence-corrected chi connectivity index (χ4v) is 4.41. The maximum Gasteiger partial charge on any atom is 0.315 e. The Morgan fingerprint density at radius 3 is 3.07 bits per heavy atom. The summed E-state index contributed by atoms with van der Waals surface area (Å²) in [6.07, 6.45) is 4.83. The molecule has 2 aliphatic heterocycles.